The smallest absolute Gasteiger partial charge is 0.335 e. The fourth-order valence-electron chi connectivity index (χ4n) is 4.76. The normalized spacial score (nSPS) is 24.6. The number of hydrogen-bond acceptors (Lipinski definition) is 10. The van der Waals surface area contributed by atoms with Crippen LogP contribution in [0.15, 0.2) is 18.9 Å². The van der Waals surface area contributed by atoms with Crippen LogP contribution in [-0.2, 0) is 32.5 Å². The zero-order valence-electron chi connectivity index (χ0n) is 22.6. The molecule has 0 radical (unpaired) electrons. The molecular formula is C25H36N8O5. The van der Waals surface area contributed by atoms with Crippen LogP contribution in [0.2, 0.25) is 0 Å². The Hall–Kier alpha value is -3.29. The van der Waals surface area contributed by atoms with Gasteiger partial charge in [0.2, 0.25) is 5.95 Å². The van der Waals surface area contributed by atoms with Crippen molar-refractivity contribution in [1.29, 1.82) is 0 Å². The lowest BCUT2D eigenvalue weighted by atomic mass is 9.92. The first-order valence-corrected chi connectivity index (χ1v) is 12.8. The third kappa shape index (κ3) is 5.45. The summed E-state index contributed by atoms with van der Waals surface area (Å²) in [6, 6.07) is 0. The van der Waals surface area contributed by atoms with E-state index in [2.05, 4.69) is 41.4 Å². The highest BCUT2D eigenvalue weighted by Gasteiger charge is 2.58. The van der Waals surface area contributed by atoms with Crippen LogP contribution >= 0.6 is 0 Å². The number of imidazole rings is 2. The number of ether oxygens (including phenoxy) is 3. The molecule has 2 saturated heterocycles. The molecule has 0 unspecified atom stereocenters. The molecule has 5 heterocycles. The second-order valence-electron chi connectivity index (χ2n) is 11.5. The van der Waals surface area contributed by atoms with Crippen molar-refractivity contribution in [3.63, 3.8) is 0 Å². The van der Waals surface area contributed by atoms with Crippen molar-refractivity contribution in [3.05, 3.63) is 24.5 Å². The van der Waals surface area contributed by atoms with Gasteiger partial charge in [-0.2, -0.15) is 9.97 Å². The van der Waals surface area contributed by atoms with E-state index in [0.717, 1.165) is 12.1 Å². The third-order valence-electron chi connectivity index (χ3n) is 6.56. The van der Waals surface area contributed by atoms with Gasteiger partial charge in [-0.25, -0.2) is 14.8 Å². The van der Waals surface area contributed by atoms with Crippen molar-refractivity contribution in [2.45, 2.75) is 77.8 Å². The summed E-state index contributed by atoms with van der Waals surface area (Å²) in [4.78, 5) is 30.3. The molecule has 2 fully saturated rings. The largest absolute Gasteiger partial charge is 0.479 e. The monoisotopic (exact) mass is 528 g/mol. The van der Waals surface area contributed by atoms with Crippen LogP contribution in [-0.4, -0.2) is 77.3 Å². The van der Waals surface area contributed by atoms with Gasteiger partial charge in [0.25, 0.3) is 0 Å². The second-order valence-corrected chi connectivity index (χ2v) is 11.5. The molecule has 0 aromatic carbocycles. The summed E-state index contributed by atoms with van der Waals surface area (Å²) < 4.78 is 21.5. The van der Waals surface area contributed by atoms with Crippen LogP contribution in [0.4, 0.5) is 11.8 Å². The van der Waals surface area contributed by atoms with E-state index in [1.54, 1.807) is 31.1 Å². The molecular weight excluding hydrogens is 492 g/mol. The highest BCUT2D eigenvalue weighted by molar-refractivity contribution is 5.84. The summed E-state index contributed by atoms with van der Waals surface area (Å²) in [5, 5.41) is 16.5. The Labute approximate surface area is 220 Å². The SMILES string of the molecule is Cn1cnc(CCNc2nc(NCCC(C)(C)C)c3ncn([C@@H]4O[C@H](C(=O)O)[C@H]5OC(C)(C)O[C@H]54)c3n2)c1. The molecule has 206 valence electrons. The number of nitrogens with zero attached hydrogens (tertiary/aromatic N) is 6. The molecule has 0 aliphatic carbocycles. The quantitative estimate of drug-likeness (QED) is 0.376. The molecule has 13 nitrogen and oxygen atoms in total. The van der Waals surface area contributed by atoms with E-state index in [1.807, 2.05) is 17.8 Å². The van der Waals surface area contributed by atoms with Gasteiger partial charge < -0.3 is 34.5 Å². The van der Waals surface area contributed by atoms with Gasteiger partial charge in [-0.3, -0.25) is 4.57 Å². The van der Waals surface area contributed by atoms with Gasteiger partial charge in [0.1, 0.15) is 12.2 Å². The van der Waals surface area contributed by atoms with E-state index < -0.39 is 36.3 Å². The third-order valence-corrected chi connectivity index (χ3v) is 6.56. The zero-order chi connectivity index (χ0) is 27.2. The fourth-order valence-corrected chi connectivity index (χ4v) is 4.76. The summed E-state index contributed by atoms with van der Waals surface area (Å²) >= 11 is 0. The molecule has 5 rings (SSSR count). The molecule has 0 amide bonds. The van der Waals surface area contributed by atoms with Crippen molar-refractivity contribution in [3.8, 4) is 0 Å². The van der Waals surface area contributed by atoms with Crippen molar-refractivity contribution in [2.24, 2.45) is 12.5 Å². The van der Waals surface area contributed by atoms with Crippen LogP contribution in [0.3, 0.4) is 0 Å². The van der Waals surface area contributed by atoms with E-state index >= 15 is 0 Å². The Bertz CT molecular complexity index is 1310. The lowest BCUT2D eigenvalue weighted by molar-refractivity contribution is -0.202. The van der Waals surface area contributed by atoms with Crippen LogP contribution < -0.4 is 10.6 Å². The standard InChI is InChI=1S/C25H36N8O5/c1-24(2,3)8-10-26-19-15-20(31-23(30-19)27-9-7-14-11-32(6)12-28-14)33(13-29-15)21-17-16(18(36-21)22(34)35)37-25(4,5)38-17/h11-13,16-18,21H,7-10H2,1-6H3,(H,34,35)(H2,26,27,30,31)/t16-,17+,18-,21+/m0/s1. The highest BCUT2D eigenvalue weighted by atomic mass is 16.8. The first-order valence-electron chi connectivity index (χ1n) is 12.8. The van der Waals surface area contributed by atoms with Gasteiger partial charge in [-0.05, 0) is 25.7 Å². The van der Waals surface area contributed by atoms with Crippen molar-refractivity contribution in [2.75, 3.05) is 23.7 Å². The average molecular weight is 529 g/mol. The predicted molar refractivity (Wildman–Crippen MR) is 139 cm³/mol. The number of anilines is 2. The second kappa shape index (κ2) is 9.79. The Morgan fingerprint density at radius 2 is 1.87 bits per heavy atom. The number of hydrogen-bond donors (Lipinski definition) is 3. The molecule has 3 aromatic rings. The molecule has 4 atom stereocenters. The Kier molecular flexibility index (Phi) is 6.78. The minimum atomic E-state index is -1.17. The van der Waals surface area contributed by atoms with Gasteiger partial charge in [0.05, 0.1) is 18.3 Å². The molecule has 0 bridgehead atoms. The van der Waals surface area contributed by atoms with E-state index in [-0.39, 0.29) is 5.41 Å². The zero-order valence-corrected chi connectivity index (χ0v) is 22.6. The maximum absolute atomic E-state index is 11.9. The van der Waals surface area contributed by atoms with Crippen LogP contribution in [0.1, 0.15) is 53.0 Å². The van der Waals surface area contributed by atoms with Gasteiger partial charge in [0.15, 0.2) is 35.1 Å². The number of carboxylic acid groups (broad SMARTS) is 1. The maximum Gasteiger partial charge on any atom is 0.335 e. The number of carboxylic acids is 1. The number of rotatable bonds is 9. The molecule has 13 heteroatoms. The molecule has 0 saturated carbocycles. The van der Waals surface area contributed by atoms with Gasteiger partial charge >= 0.3 is 5.97 Å². The van der Waals surface area contributed by atoms with Crippen molar-refractivity contribution in [1.82, 2.24) is 29.1 Å². The van der Waals surface area contributed by atoms with E-state index in [0.29, 0.717) is 42.4 Å². The summed E-state index contributed by atoms with van der Waals surface area (Å²) in [6.45, 7) is 11.3. The Morgan fingerprint density at radius 3 is 2.55 bits per heavy atom. The Morgan fingerprint density at radius 1 is 1.11 bits per heavy atom. The summed E-state index contributed by atoms with van der Waals surface area (Å²) in [7, 11) is 1.93. The topological polar surface area (TPSA) is 150 Å². The number of aromatic nitrogens is 6. The van der Waals surface area contributed by atoms with Gasteiger partial charge in [-0.15, -0.1) is 0 Å². The van der Waals surface area contributed by atoms with Crippen LogP contribution in [0, 0.1) is 5.41 Å². The fraction of sp³-hybridized carbons (Fsp3) is 0.640. The Balaban J connectivity index is 1.45. The lowest BCUT2D eigenvalue weighted by Gasteiger charge is -2.23. The van der Waals surface area contributed by atoms with Crippen molar-refractivity contribution < 1.29 is 24.1 Å². The first-order chi connectivity index (χ1) is 17.9. The van der Waals surface area contributed by atoms with Gasteiger partial charge in [-0.1, -0.05) is 20.8 Å². The minimum Gasteiger partial charge on any atom is -0.479 e. The van der Waals surface area contributed by atoms with Crippen LogP contribution in [0.5, 0.6) is 0 Å². The van der Waals surface area contributed by atoms with Crippen molar-refractivity contribution >= 4 is 28.9 Å². The number of aryl methyl sites for hydroxylation is 1. The highest BCUT2D eigenvalue weighted by Crippen LogP contribution is 2.44. The minimum absolute atomic E-state index is 0.146. The summed E-state index contributed by atoms with van der Waals surface area (Å²) in [6.07, 6.45) is 3.59. The number of nitrogens with one attached hydrogen (secondary N) is 2. The molecule has 38 heavy (non-hydrogen) atoms. The predicted octanol–water partition coefficient (Wildman–Crippen LogP) is 2.56. The van der Waals surface area contributed by atoms with E-state index in [1.165, 1.54) is 0 Å². The maximum atomic E-state index is 11.9. The molecule has 0 spiro atoms. The van der Waals surface area contributed by atoms with E-state index in [4.69, 9.17) is 24.2 Å². The lowest BCUT2D eigenvalue weighted by Crippen LogP contribution is -2.35. The molecule has 3 N–H and O–H groups in total. The molecule has 3 aromatic heterocycles. The van der Waals surface area contributed by atoms with Crippen LogP contribution in [0.25, 0.3) is 11.2 Å². The molecule has 2 aliphatic rings. The number of fused-ring (bicyclic) bond motifs is 2. The van der Waals surface area contributed by atoms with Gasteiger partial charge in [0, 0.05) is 32.8 Å². The summed E-state index contributed by atoms with van der Waals surface area (Å²) in [5.74, 6) is -1.04. The first kappa shape index (κ1) is 26.3. The number of aliphatic carboxylic acids is 1. The number of carbonyl (C=O) groups is 1. The summed E-state index contributed by atoms with van der Waals surface area (Å²) in [5.41, 5.74) is 2.17. The molecule has 2 aliphatic heterocycles. The van der Waals surface area contributed by atoms with E-state index in [9.17, 15) is 9.90 Å². The average Bonchev–Trinajstić information content (AvgIpc) is 3.55.